The van der Waals surface area contributed by atoms with E-state index in [-0.39, 0.29) is 0 Å². The highest BCUT2D eigenvalue weighted by molar-refractivity contribution is 8.00. The lowest BCUT2D eigenvalue weighted by Crippen LogP contribution is -2.39. The van der Waals surface area contributed by atoms with E-state index in [4.69, 9.17) is 10.5 Å². The number of hydrogen-bond donors (Lipinski definition) is 1. The molecule has 2 atom stereocenters. The molecule has 0 amide bonds. The summed E-state index contributed by atoms with van der Waals surface area (Å²) in [6, 6.07) is 6.38. The van der Waals surface area contributed by atoms with E-state index in [9.17, 15) is 0 Å². The Balaban J connectivity index is 2.06. The normalized spacial score (nSPS) is 24.4. The van der Waals surface area contributed by atoms with Crippen LogP contribution >= 0.6 is 11.8 Å². The standard InChI is InChI=1S/C15H24N2OS/c1-11-8-17(9-12(2)19-11)10-13-4-5-14(7-16)15(6-13)18-3/h4-6,11-12H,7-10,16H2,1-3H3. The molecule has 2 unspecified atom stereocenters. The quantitative estimate of drug-likeness (QED) is 0.919. The van der Waals surface area contributed by atoms with Crippen LogP contribution in [0.1, 0.15) is 25.0 Å². The van der Waals surface area contributed by atoms with Crippen LogP contribution in [0, 0.1) is 0 Å². The van der Waals surface area contributed by atoms with Crippen molar-refractivity contribution >= 4 is 11.8 Å². The maximum Gasteiger partial charge on any atom is 0.123 e. The van der Waals surface area contributed by atoms with Crippen LogP contribution in [-0.2, 0) is 13.1 Å². The fraction of sp³-hybridized carbons (Fsp3) is 0.600. The van der Waals surface area contributed by atoms with Gasteiger partial charge in [-0.15, -0.1) is 0 Å². The Morgan fingerprint density at radius 1 is 1.32 bits per heavy atom. The number of ether oxygens (including phenoxy) is 1. The van der Waals surface area contributed by atoms with Crippen molar-refractivity contribution in [1.29, 1.82) is 0 Å². The first-order valence-electron chi connectivity index (χ1n) is 6.86. The molecule has 0 radical (unpaired) electrons. The number of thioether (sulfide) groups is 1. The topological polar surface area (TPSA) is 38.5 Å². The van der Waals surface area contributed by atoms with Crippen molar-refractivity contribution < 1.29 is 4.74 Å². The molecule has 3 nitrogen and oxygen atoms in total. The van der Waals surface area contributed by atoms with Gasteiger partial charge in [0.05, 0.1) is 7.11 Å². The molecule has 1 heterocycles. The summed E-state index contributed by atoms with van der Waals surface area (Å²) in [5, 5.41) is 1.43. The molecule has 106 valence electrons. The maximum atomic E-state index is 5.70. The Morgan fingerprint density at radius 2 is 2.00 bits per heavy atom. The van der Waals surface area contributed by atoms with Crippen LogP contribution in [0.4, 0.5) is 0 Å². The molecule has 1 aliphatic heterocycles. The van der Waals surface area contributed by atoms with Crippen LogP contribution < -0.4 is 10.5 Å². The fourth-order valence-electron chi connectivity index (χ4n) is 2.73. The maximum absolute atomic E-state index is 5.70. The van der Waals surface area contributed by atoms with Gasteiger partial charge in [-0.1, -0.05) is 26.0 Å². The minimum absolute atomic E-state index is 0.526. The third-order valence-electron chi connectivity index (χ3n) is 3.47. The summed E-state index contributed by atoms with van der Waals surface area (Å²) in [4.78, 5) is 2.53. The zero-order valence-electron chi connectivity index (χ0n) is 12.1. The van der Waals surface area contributed by atoms with Crippen LogP contribution in [0.3, 0.4) is 0 Å². The molecule has 0 aromatic heterocycles. The second-order valence-electron chi connectivity index (χ2n) is 5.30. The van der Waals surface area contributed by atoms with Crippen molar-refractivity contribution in [2.45, 2.75) is 37.4 Å². The first-order valence-corrected chi connectivity index (χ1v) is 7.80. The molecule has 1 fully saturated rings. The lowest BCUT2D eigenvalue weighted by molar-refractivity contribution is 0.262. The minimum Gasteiger partial charge on any atom is -0.496 e. The molecule has 0 aliphatic carbocycles. The average Bonchev–Trinajstić information content (AvgIpc) is 2.37. The van der Waals surface area contributed by atoms with Gasteiger partial charge in [0.25, 0.3) is 0 Å². The Kier molecular flexibility index (Phi) is 5.13. The lowest BCUT2D eigenvalue weighted by atomic mass is 10.1. The van der Waals surface area contributed by atoms with Crippen molar-refractivity contribution in [1.82, 2.24) is 4.90 Å². The molecule has 2 N–H and O–H groups in total. The van der Waals surface area contributed by atoms with Crippen molar-refractivity contribution in [3.05, 3.63) is 29.3 Å². The SMILES string of the molecule is COc1cc(CN2CC(C)SC(C)C2)ccc1CN. The second-order valence-corrected chi connectivity index (χ2v) is 7.18. The molecule has 0 bridgehead atoms. The van der Waals surface area contributed by atoms with Gasteiger partial charge in [-0.3, -0.25) is 4.90 Å². The van der Waals surface area contributed by atoms with Crippen molar-refractivity contribution in [2.75, 3.05) is 20.2 Å². The molecule has 0 saturated carbocycles. The summed E-state index contributed by atoms with van der Waals surface area (Å²) < 4.78 is 5.41. The summed E-state index contributed by atoms with van der Waals surface area (Å²) in [6.07, 6.45) is 0. The third-order valence-corrected chi connectivity index (χ3v) is 4.70. The van der Waals surface area contributed by atoms with Gasteiger partial charge < -0.3 is 10.5 Å². The zero-order chi connectivity index (χ0) is 13.8. The number of benzene rings is 1. The van der Waals surface area contributed by atoms with Crippen LogP contribution in [0.5, 0.6) is 5.75 Å². The highest BCUT2D eigenvalue weighted by atomic mass is 32.2. The van der Waals surface area contributed by atoms with Gasteiger partial charge in [0.2, 0.25) is 0 Å². The third kappa shape index (κ3) is 3.88. The molecule has 1 aromatic carbocycles. The van der Waals surface area contributed by atoms with E-state index in [1.54, 1.807) is 7.11 Å². The van der Waals surface area contributed by atoms with E-state index in [2.05, 4.69) is 48.7 Å². The fourth-order valence-corrected chi connectivity index (χ4v) is 4.11. The van der Waals surface area contributed by atoms with Crippen molar-refractivity contribution in [3.8, 4) is 5.75 Å². The van der Waals surface area contributed by atoms with Gasteiger partial charge >= 0.3 is 0 Å². The van der Waals surface area contributed by atoms with Gasteiger partial charge in [0.15, 0.2) is 0 Å². The summed E-state index contributed by atoms with van der Waals surface area (Å²) in [5.41, 5.74) is 8.08. The highest BCUT2D eigenvalue weighted by Gasteiger charge is 2.22. The van der Waals surface area contributed by atoms with Crippen molar-refractivity contribution in [3.63, 3.8) is 0 Å². The molecule has 1 saturated heterocycles. The van der Waals surface area contributed by atoms with E-state index in [0.717, 1.165) is 30.9 Å². The van der Waals surface area contributed by atoms with E-state index < -0.39 is 0 Å². The zero-order valence-corrected chi connectivity index (χ0v) is 12.9. The van der Waals surface area contributed by atoms with Gasteiger partial charge in [-0.2, -0.15) is 11.8 Å². The summed E-state index contributed by atoms with van der Waals surface area (Å²) >= 11 is 2.09. The van der Waals surface area contributed by atoms with E-state index >= 15 is 0 Å². The molecule has 19 heavy (non-hydrogen) atoms. The van der Waals surface area contributed by atoms with Gasteiger partial charge in [0, 0.05) is 42.2 Å². The van der Waals surface area contributed by atoms with Crippen molar-refractivity contribution in [2.24, 2.45) is 5.73 Å². The molecular formula is C15H24N2OS. The van der Waals surface area contributed by atoms with Crippen LogP contribution in [0.15, 0.2) is 18.2 Å². The number of hydrogen-bond acceptors (Lipinski definition) is 4. The van der Waals surface area contributed by atoms with E-state index in [1.165, 1.54) is 5.56 Å². The monoisotopic (exact) mass is 280 g/mol. The average molecular weight is 280 g/mol. The minimum atomic E-state index is 0.526. The summed E-state index contributed by atoms with van der Waals surface area (Å²) in [7, 11) is 1.71. The van der Waals surface area contributed by atoms with Crippen LogP contribution in [-0.4, -0.2) is 35.6 Å². The molecule has 4 heteroatoms. The summed E-state index contributed by atoms with van der Waals surface area (Å²) in [5.74, 6) is 0.910. The Hall–Kier alpha value is -0.710. The molecule has 1 aliphatic rings. The Labute approximate surface area is 120 Å². The summed E-state index contributed by atoms with van der Waals surface area (Å²) in [6.45, 7) is 8.47. The smallest absolute Gasteiger partial charge is 0.123 e. The molecule has 1 aromatic rings. The molecule has 2 rings (SSSR count). The largest absolute Gasteiger partial charge is 0.496 e. The highest BCUT2D eigenvalue weighted by Crippen LogP contribution is 2.27. The molecule has 0 spiro atoms. The van der Waals surface area contributed by atoms with Gasteiger partial charge in [-0.25, -0.2) is 0 Å². The van der Waals surface area contributed by atoms with E-state index in [1.807, 2.05) is 0 Å². The van der Waals surface area contributed by atoms with Crippen LogP contribution in [0.2, 0.25) is 0 Å². The number of nitrogens with two attached hydrogens (primary N) is 1. The predicted molar refractivity (Wildman–Crippen MR) is 82.7 cm³/mol. The first kappa shape index (κ1) is 14.7. The number of rotatable bonds is 4. The second kappa shape index (κ2) is 6.64. The molecular weight excluding hydrogens is 256 g/mol. The van der Waals surface area contributed by atoms with Crippen LogP contribution in [0.25, 0.3) is 0 Å². The van der Waals surface area contributed by atoms with Gasteiger partial charge in [-0.05, 0) is 11.6 Å². The van der Waals surface area contributed by atoms with E-state index in [0.29, 0.717) is 17.0 Å². The Morgan fingerprint density at radius 3 is 2.58 bits per heavy atom. The number of nitrogens with zero attached hydrogens (tertiary/aromatic N) is 1. The predicted octanol–water partition coefficient (Wildman–Crippen LogP) is 2.48. The number of methoxy groups -OCH3 is 1. The Bertz CT molecular complexity index is 415. The lowest BCUT2D eigenvalue weighted by Gasteiger charge is -2.34. The van der Waals surface area contributed by atoms with Gasteiger partial charge in [0.1, 0.15) is 5.75 Å². The first-order chi connectivity index (χ1) is 9.12.